The second-order valence-corrected chi connectivity index (χ2v) is 15.2. The molecule has 0 atom stereocenters. The van der Waals surface area contributed by atoms with Crippen molar-refractivity contribution < 1.29 is 4.74 Å². The van der Waals surface area contributed by atoms with Crippen molar-refractivity contribution in [2.75, 3.05) is 4.81 Å². The molecule has 2 aliphatic heterocycles. The van der Waals surface area contributed by atoms with Gasteiger partial charge in [0.15, 0.2) is 0 Å². The summed E-state index contributed by atoms with van der Waals surface area (Å²) in [6.45, 7) is -0.105. The van der Waals surface area contributed by atoms with E-state index in [2.05, 4.69) is 222 Å². The molecule has 0 bridgehead atoms. The molecule has 10 aromatic rings. The van der Waals surface area contributed by atoms with Gasteiger partial charge >= 0.3 is 6.85 Å². The molecule has 0 spiro atoms. The van der Waals surface area contributed by atoms with Crippen LogP contribution in [0.4, 0.5) is 11.4 Å². The topological polar surface area (TPSA) is 17.4 Å². The van der Waals surface area contributed by atoms with Gasteiger partial charge in [0.2, 0.25) is 0 Å². The van der Waals surface area contributed by atoms with E-state index in [9.17, 15) is 0 Å². The number of anilines is 2. The van der Waals surface area contributed by atoms with Crippen LogP contribution in [0, 0.1) is 0 Å². The quantitative estimate of drug-likeness (QED) is 0.164. The monoisotopic (exact) mass is 738 g/mol. The molecule has 3 nitrogen and oxygen atoms in total. The number of ether oxygens (including phenoxy) is 1. The van der Waals surface area contributed by atoms with Crippen molar-refractivity contribution in [2.24, 2.45) is 0 Å². The van der Waals surface area contributed by atoms with Crippen molar-refractivity contribution in [2.45, 2.75) is 0 Å². The fourth-order valence-electron chi connectivity index (χ4n) is 9.55. The largest absolute Gasteiger partial charge is 0.458 e. The maximum atomic E-state index is 6.98. The maximum Gasteiger partial charge on any atom is 0.336 e. The molecular formula is C54H35BN2O. The zero-order chi connectivity index (χ0) is 38.2. The van der Waals surface area contributed by atoms with E-state index in [1.807, 2.05) is 0 Å². The molecule has 12 rings (SSSR count). The van der Waals surface area contributed by atoms with Crippen molar-refractivity contribution >= 4 is 51.0 Å². The van der Waals surface area contributed by atoms with Crippen LogP contribution in [-0.4, -0.2) is 11.4 Å². The SMILES string of the molecule is c1ccc(-c2ccccc2-c2ccc3c(c2)N(c2ccccc2)B2c4ccc(-c5ccccc5-n5c6ccccc6c6ccccc65)cc4Oc4cccc-3c42)cc1. The van der Waals surface area contributed by atoms with E-state index in [4.69, 9.17) is 4.74 Å². The fraction of sp³-hybridized carbons (Fsp3) is 0. The standard InChI is InChI=1S/C54H35BN2O/c1-3-16-36(17-4-1)40-20-7-8-21-41(40)37-30-32-45-46-25-15-29-52-54(46)55(57(51(45)34-37)39-18-5-2-6-19-39)47-33-31-38(35-53(47)58-52)42-22-9-12-26-48(42)56-49-27-13-10-23-43(49)44-24-11-14-28-50(44)56/h1-35H. The van der Waals surface area contributed by atoms with Gasteiger partial charge in [-0.1, -0.05) is 164 Å². The zero-order valence-corrected chi connectivity index (χ0v) is 31.6. The van der Waals surface area contributed by atoms with E-state index in [1.54, 1.807) is 0 Å². The Balaban J connectivity index is 1.04. The highest BCUT2D eigenvalue weighted by atomic mass is 16.5. The lowest BCUT2D eigenvalue weighted by atomic mass is 9.44. The van der Waals surface area contributed by atoms with Crippen LogP contribution in [0.3, 0.4) is 0 Å². The van der Waals surface area contributed by atoms with Gasteiger partial charge in [-0.3, -0.25) is 0 Å². The molecule has 0 unspecified atom stereocenters. The highest BCUT2D eigenvalue weighted by Gasteiger charge is 2.43. The van der Waals surface area contributed by atoms with Gasteiger partial charge in [-0.2, -0.15) is 0 Å². The molecule has 9 aromatic carbocycles. The number of hydrogen-bond acceptors (Lipinski definition) is 2. The second-order valence-electron chi connectivity index (χ2n) is 15.2. The van der Waals surface area contributed by atoms with E-state index in [-0.39, 0.29) is 6.85 Å². The molecule has 0 fully saturated rings. The van der Waals surface area contributed by atoms with Crippen LogP contribution in [0.25, 0.3) is 72.0 Å². The maximum absolute atomic E-state index is 6.98. The molecule has 1 aromatic heterocycles. The second kappa shape index (κ2) is 13.0. The van der Waals surface area contributed by atoms with Crippen molar-refractivity contribution in [3.05, 3.63) is 212 Å². The first-order valence-corrected chi connectivity index (χ1v) is 20.0. The smallest absolute Gasteiger partial charge is 0.336 e. The Bertz CT molecular complexity index is 3170. The highest BCUT2D eigenvalue weighted by molar-refractivity contribution is 6.92. The van der Waals surface area contributed by atoms with E-state index in [0.717, 1.165) is 39.5 Å². The number of nitrogens with zero attached hydrogens (tertiary/aromatic N) is 2. The van der Waals surface area contributed by atoms with Crippen molar-refractivity contribution in [3.8, 4) is 61.7 Å². The Kier molecular flexibility index (Phi) is 7.33. The number of aromatic nitrogens is 1. The van der Waals surface area contributed by atoms with Crippen LogP contribution in [0.15, 0.2) is 212 Å². The minimum atomic E-state index is -0.105. The van der Waals surface area contributed by atoms with Gasteiger partial charge in [0, 0.05) is 38.7 Å². The van der Waals surface area contributed by atoms with Crippen molar-refractivity contribution in [1.29, 1.82) is 0 Å². The molecule has 58 heavy (non-hydrogen) atoms. The molecular weight excluding hydrogens is 703 g/mol. The summed E-state index contributed by atoms with van der Waals surface area (Å²) in [5.41, 5.74) is 17.7. The summed E-state index contributed by atoms with van der Waals surface area (Å²) < 4.78 is 9.39. The minimum Gasteiger partial charge on any atom is -0.458 e. The molecule has 0 saturated heterocycles. The Morgan fingerprint density at radius 3 is 1.71 bits per heavy atom. The van der Waals surface area contributed by atoms with Gasteiger partial charge < -0.3 is 14.1 Å². The molecule has 2 aliphatic rings. The van der Waals surface area contributed by atoms with Gasteiger partial charge in [-0.15, -0.1) is 0 Å². The molecule has 0 aliphatic carbocycles. The molecule has 0 radical (unpaired) electrons. The summed E-state index contributed by atoms with van der Waals surface area (Å²) in [6, 6.07) is 76.8. The van der Waals surface area contributed by atoms with Gasteiger partial charge in [0.05, 0.1) is 16.7 Å². The highest BCUT2D eigenvalue weighted by Crippen LogP contribution is 2.47. The summed E-state index contributed by atoms with van der Waals surface area (Å²) in [5.74, 6) is 1.77. The third kappa shape index (κ3) is 4.95. The Morgan fingerprint density at radius 2 is 0.948 bits per heavy atom. The molecule has 0 saturated carbocycles. The first-order valence-electron chi connectivity index (χ1n) is 20.0. The lowest BCUT2D eigenvalue weighted by Crippen LogP contribution is -2.59. The number of benzene rings is 9. The number of para-hydroxylation sites is 4. The van der Waals surface area contributed by atoms with Crippen LogP contribution < -0.4 is 20.5 Å². The van der Waals surface area contributed by atoms with Gasteiger partial charge in [0.25, 0.3) is 0 Å². The number of fused-ring (bicyclic) bond motifs is 7. The van der Waals surface area contributed by atoms with Gasteiger partial charge in [-0.05, 0) is 87.4 Å². The summed E-state index contributed by atoms with van der Waals surface area (Å²) in [6.07, 6.45) is 0. The molecule has 0 N–H and O–H groups in total. The number of rotatable bonds is 5. The van der Waals surface area contributed by atoms with Crippen LogP contribution in [0.2, 0.25) is 0 Å². The molecule has 0 amide bonds. The van der Waals surface area contributed by atoms with Crippen LogP contribution in [-0.2, 0) is 0 Å². The van der Waals surface area contributed by atoms with E-state index >= 15 is 0 Å². The van der Waals surface area contributed by atoms with Crippen LogP contribution >= 0.6 is 0 Å². The number of hydrogen-bond donors (Lipinski definition) is 0. The first kappa shape index (κ1) is 32.7. The summed E-state index contributed by atoms with van der Waals surface area (Å²) in [4.78, 5) is 2.53. The van der Waals surface area contributed by atoms with Gasteiger partial charge in [-0.25, -0.2) is 0 Å². The fourth-order valence-corrected chi connectivity index (χ4v) is 9.55. The average molecular weight is 739 g/mol. The summed E-state index contributed by atoms with van der Waals surface area (Å²) >= 11 is 0. The van der Waals surface area contributed by atoms with Crippen molar-refractivity contribution in [1.82, 2.24) is 4.57 Å². The van der Waals surface area contributed by atoms with Crippen LogP contribution in [0.1, 0.15) is 0 Å². The van der Waals surface area contributed by atoms with Gasteiger partial charge in [0.1, 0.15) is 11.5 Å². The Morgan fingerprint density at radius 1 is 0.362 bits per heavy atom. The lowest BCUT2D eigenvalue weighted by Gasteiger charge is -2.42. The zero-order valence-electron chi connectivity index (χ0n) is 31.6. The molecule has 4 heteroatoms. The van der Waals surface area contributed by atoms with E-state index in [1.165, 1.54) is 66.3 Å². The van der Waals surface area contributed by atoms with E-state index in [0.29, 0.717) is 0 Å². The normalized spacial score (nSPS) is 12.6. The summed E-state index contributed by atoms with van der Waals surface area (Å²) in [5, 5.41) is 2.50. The third-order valence-corrected chi connectivity index (χ3v) is 12.1. The van der Waals surface area contributed by atoms with Crippen LogP contribution in [0.5, 0.6) is 11.5 Å². The molecule has 3 heterocycles. The molecule has 270 valence electrons. The predicted octanol–water partition coefficient (Wildman–Crippen LogP) is 12.8. The first-order chi connectivity index (χ1) is 28.8. The minimum absolute atomic E-state index is 0.105. The summed E-state index contributed by atoms with van der Waals surface area (Å²) in [7, 11) is 0. The van der Waals surface area contributed by atoms with E-state index < -0.39 is 0 Å². The Hall–Kier alpha value is -7.56. The Labute approximate surface area is 337 Å². The average Bonchev–Trinajstić information content (AvgIpc) is 3.63. The van der Waals surface area contributed by atoms with Crippen molar-refractivity contribution in [3.63, 3.8) is 0 Å². The third-order valence-electron chi connectivity index (χ3n) is 12.1. The predicted molar refractivity (Wildman–Crippen MR) is 243 cm³/mol. The lowest BCUT2D eigenvalue weighted by molar-refractivity contribution is 0.487.